The molecule has 0 saturated heterocycles. The number of nitrogens with one attached hydrogen (secondary N) is 1. The number of rotatable bonds is 4. The molecule has 0 bridgehead atoms. The van der Waals surface area contributed by atoms with Gasteiger partial charge in [-0.15, -0.1) is 12.3 Å². The number of aryl methyl sites for hydroxylation is 2. The van der Waals surface area contributed by atoms with Crippen molar-refractivity contribution in [2.75, 3.05) is 5.32 Å². The number of hydrogen-bond donors (Lipinski definition) is 2. The van der Waals surface area contributed by atoms with Gasteiger partial charge in [0.2, 0.25) is 0 Å². The molecule has 0 fully saturated rings. The maximum atomic E-state index is 10.8. The molecule has 1 rings (SSSR count). The summed E-state index contributed by atoms with van der Waals surface area (Å²) in [4.78, 5) is 19.1. The van der Waals surface area contributed by atoms with Crippen LogP contribution in [0.4, 0.5) is 5.82 Å². The number of aliphatic carboxylic acids is 1. The molecule has 1 unspecified atom stereocenters. The molecule has 84 valence electrons. The van der Waals surface area contributed by atoms with Crippen molar-refractivity contribution in [1.29, 1.82) is 0 Å². The summed E-state index contributed by atoms with van der Waals surface area (Å²) in [6.45, 7) is 3.65. The zero-order chi connectivity index (χ0) is 12.1. The Labute approximate surface area is 93.9 Å². The van der Waals surface area contributed by atoms with Gasteiger partial charge in [0, 0.05) is 6.42 Å². The molecule has 0 aliphatic heterocycles. The van der Waals surface area contributed by atoms with Crippen molar-refractivity contribution in [3.05, 3.63) is 17.6 Å². The third kappa shape index (κ3) is 2.95. The fourth-order valence-electron chi connectivity index (χ4n) is 1.11. The molecular weight excluding hydrogens is 206 g/mol. The van der Waals surface area contributed by atoms with E-state index in [9.17, 15) is 4.79 Å². The number of carboxylic acid groups (broad SMARTS) is 1. The summed E-state index contributed by atoms with van der Waals surface area (Å²) in [6, 6.07) is -0.832. The zero-order valence-electron chi connectivity index (χ0n) is 9.19. The van der Waals surface area contributed by atoms with Crippen LogP contribution in [-0.4, -0.2) is 27.1 Å². The topological polar surface area (TPSA) is 75.1 Å². The predicted octanol–water partition coefficient (Wildman–Crippen LogP) is 0.982. The molecule has 0 saturated carbocycles. The van der Waals surface area contributed by atoms with E-state index in [0.717, 1.165) is 11.4 Å². The number of terminal acetylenes is 1. The van der Waals surface area contributed by atoms with Crippen molar-refractivity contribution in [3.63, 3.8) is 0 Å². The van der Waals surface area contributed by atoms with Crippen LogP contribution in [0, 0.1) is 26.2 Å². The van der Waals surface area contributed by atoms with E-state index in [2.05, 4.69) is 21.2 Å². The van der Waals surface area contributed by atoms with Crippen LogP contribution in [0.3, 0.4) is 0 Å². The Hall–Kier alpha value is -2.09. The fourth-order valence-corrected chi connectivity index (χ4v) is 1.11. The van der Waals surface area contributed by atoms with Crippen molar-refractivity contribution in [3.8, 4) is 12.3 Å². The Kier molecular flexibility index (Phi) is 3.84. The monoisotopic (exact) mass is 219 g/mol. The summed E-state index contributed by atoms with van der Waals surface area (Å²) in [5, 5.41) is 11.6. The molecular formula is C11H13N3O2. The lowest BCUT2D eigenvalue weighted by atomic mass is 10.2. The largest absolute Gasteiger partial charge is 0.480 e. The zero-order valence-corrected chi connectivity index (χ0v) is 9.19. The minimum Gasteiger partial charge on any atom is -0.480 e. The summed E-state index contributed by atoms with van der Waals surface area (Å²) in [5.74, 6) is 1.72. The van der Waals surface area contributed by atoms with Crippen LogP contribution in [0.2, 0.25) is 0 Å². The SMILES string of the molecule is C#CCC(Nc1cnc(C)c(C)n1)C(=O)O. The molecule has 1 aromatic heterocycles. The molecule has 0 amide bonds. The van der Waals surface area contributed by atoms with E-state index in [4.69, 9.17) is 11.5 Å². The molecule has 16 heavy (non-hydrogen) atoms. The molecule has 5 heteroatoms. The summed E-state index contributed by atoms with van der Waals surface area (Å²) in [7, 11) is 0. The van der Waals surface area contributed by atoms with E-state index in [1.807, 2.05) is 13.8 Å². The van der Waals surface area contributed by atoms with Gasteiger partial charge in [0.1, 0.15) is 11.9 Å². The van der Waals surface area contributed by atoms with E-state index < -0.39 is 12.0 Å². The van der Waals surface area contributed by atoms with E-state index >= 15 is 0 Å². The first-order valence-electron chi connectivity index (χ1n) is 4.77. The van der Waals surface area contributed by atoms with Crippen LogP contribution >= 0.6 is 0 Å². The molecule has 0 spiro atoms. The van der Waals surface area contributed by atoms with Crippen molar-refractivity contribution < 1.29 is 9.90 Å². The molecule has 0 radical (unpaired) electrons. The summed E-state index contributed by atoms with van der Waals surface area (Å²) >= 11 is 0. The smallest absolute Gasteiger partial charge is 0.327 e. The van der Waals surface area contributed by atoms with Crippen LogP contribution in [0.5, 0.6) is 0 Å². The van der Waals surface area contributed by atoms with Crippen molar-refractivity contribution in [2.45, 2.75) is 26.3 Å². The van der Waals surface area contributed by atoms with Gasteiger partial charge in [0.15, 0.2) is 0 Å². The van der Waals surface area contributed by atoms with Crippen molar-refractivity contribution in [2.24, 2.45) is 0 Å². The lowest BCUT2D eigenvalue weighted by Crippen LogP contribution is -2.29. The number of carboxylic acids is 1. The number of hydrogen-bond acceptors (Lipinski definition) is 4. The maximum Gasteiger partial charge on any atom is 0.327 e. The summed E-state index contributed by atoms with van der Waals surface area (Å²) in [5.41, 5.74) is 1.57. The van der Waals surface area contributed by atoms with E-state index in [0.29, 0.717) is 5.82 Å². The number of nitrogens with zero attached hydrogens (tertiary/aromatic N) is 2. The Bertz CT molecular complexity index is 437. The minimum atomic E-state index is -1.00. The van der Waals surface area contributed by atoms with E-state index in [1.165, 1.54) is 6.20 Å². The highest BCUT2D eigenvalue weighted by Crippen LogP contribution is 2.08. The van der Waals surface area contributed by atoms with Crippen molar-refractivity contribution in [1.82, 2.24) is 9.97 Å². The predicted molar refractivity (Wildman–Crippen MR) is 60.0 cm³/mol. The van der Waals surface area contributed by atoms with Gasteiger partial charge >= 0.3 is 5.97 Å². The molecule has 0 aliphatic carbocycles. The first-order valence-corrected chi connectivity index (χ1v) is 4.77. The lowest BCUT2D eigenvalue weighted by Gasteiger charge is -2.12. The van der Waals surface area contributed by atoms with Crippen LogP contribution in [0.1, 0.15) is 17.8 Å². The maximum absolute atomic E-state index is 10.8. The van der Waals surface area contributed by atoms with Crippen LogP contribution in [0.15, 0.2) is 6.20 Å². The highest BCUT2D eigenvalue weighted by atomic mass is 16.4. The van der Waals surface area contributed by atoms with Gasteiger partial charge in [-0.3, -0.25) is 4.98 Å². The normalized spacial score (nSPS) is 11.6. The molecule has 2 N–H and O–H groups in total. The number of carbonyl (C=O) groups is 1. The second-order valence-corrected chi connectivity index (χ2v) is 3.37. The Morgan fingerprint density at radius 2 is 2.31 bits per heavy atom. The Balaban J connectivity index is 2.82. The van der Waals surface area contributed by atoms with Crippen LogP contribution in [0.25, 0.3) is 0 Å². The van der Waals surface area contributed by atoms with Gasteiger partial charge in [0.05, 0.1) is 17.6 Å². The second kappa shape index (κ2) is 5.12. The standard InChI is InChI=1S/C11H13N3O2/c1-4-5-9(11(15)16)14-10-6-12-7(2)8(3)13-10/h1,6,9H,5H2,2-3H3,(H,13,14)(H,15,16). The van der Waals surface area contributed by atoms with Crippen LogP contribution in [-0.2, 0) is 4.79 Å². The highest BCUT2D eigenvalue weighted by Gasteiger charge is 2.16. The second-order valence-electron chi connectivity index (χ2n) is 3.37. The molecule has 1 aromatic rings. The number of aromatic nitrogens is 2. The Morgan fingerprint density at radius 1 is 1.62 bits per heavy atom. The van der Waals surface area contributed by atoms with E-state index in [-0.39, 0.29) is 6.42 Å². The van der Waals surface area contributed by atoms with E-state index in [1.54, 1.807) is 0 Å². The number of anilines is 1. The van der Waals surface area contributed by atoms with Gasteiger partial charge in [-0.2, -0.15) is 0 Å². The average molecular weight is 219 g/mol. The first-order chi connectivity index (χ1) is 7.54. The third-order valence-corrected chi connectivity index (χ3v) is 2.13. The highest BCUT2D eigenvalue weighted by molar-refractivity contribution is 5.77. The molecule has 0 aromatic carbocycles. The van der Waals surface area contributed by atoms with Gasteiger partial charge in [0.25, 0.3) is 0 Å². The summed E-state index contributed by atoms with van der Waals surface area (Å²) in [6.07, 6.45) is 6.68. The quantitative estimate of drug-likeness (QED) is 0.738. The van der Waals surface area contributed by atoms with Gasteiger partial charge in [-0.05, 0) is 13.8 Å². The third-order valence-electron chi connectivity index (χ3n) is 2.13. The molecule has 1 heterocycles. The summed E-state index contributed by atoms with van der Waals surface area (Å²) < 4.78 is 0. The average Bonchev–Trinajstić information content (AvgIpc) is 2.22. The fraction of sp³-hybridized carbons (Fsp3) is 0.364. The van der Waals surface area contributed by atoms with Crippen molar-refractivity contribution >= 4 is 11.8 Å². The molecule has 0 aliphatic rings. The molecule has 5 nitrogen and oxygen atoms in total. The van der Waals surface area contributed by atoms with Gasteiger partial charge in [-0.25, -0.2) is 9.78 Å². The Morgan fingerprint density at radius 3 is 2.81 bits per heavy atom. The van der Waals surface area contributed by atoms with Crippen LogP contribution < -0.4 is 5.32 Å². The van der Waals surface area contributed by atoms with Gasteiger partial charge < -0.3 is 10.4 Å². The first kappa shape index (κ1) is 12.0. The lowest BCUT2D eigenvalue weighted by molar-refractivity contribution is -0.137. The molecule has 1 atom stereocenters. The minimum absolute atomic E-state index is 0.101. The van der Waals surface area contributed by atoms with Gasteiger partial charge in [-0.1, -0.05) is 0 Å².